The second-order valence-corrected chi connectivity index (χ2v) is 5.17. The molecular weight excluding hydrogens is 262 g/mol. The van der Waals surface area contributed by atoms with Crippen LogP contribution in [0.15, 0.2) is 30.3 Å². The molecule has 0 atom stereocenters. The molecule has 0 unspecified atom stereocenters. The summed E-state index contributed by atoms with van der Waals surface area (Å²) < 4.78 is 5.09. The number of ether oxygens (including phenoxy) is 1. The molecule has 0 fully saturated rings. The van der Waals surface area contributed by atoms with Crippen LogP contribution >= 0.6 is 0 Å². The van der Waals surface area contributed by atoms with Crippen LogP contribution in [0.5, 0.6) is 5.75 Å². The zero-order valence-corrected chi connectivity index (χ0v) is 13.2. The van der Waals surface area contributed by atoms with Gasteiger partial charge in [-0.05, 0) is 30.2 Å². The van der Waals surface area contributed by atoms with Gasteiger partial charge in [-0.1, -0.05) is 51.2 Å². The Hall–Kier alpha value is -1.77. The lowest BCUT2D eigenvalue weighted by atomic mass is 10.1. The van der Waals surface area contributed by atoms with Crippen LogP contribution in [0, 0.1) is 0 Å². The van der Waals surface area contributed by atoms with Gasteiger partial charge in [0, 0.05) is 12.6 Å². The summed E-state index contributed by atoms with van der Waals surface area (Å²) in [6, 6.07) is 7.62. The zero-order chi connectivity index (χ0) is 15.3. The molecule has 1 N–H and O–H groups in total. The van der Waals surface area contributed by atoms with Gasteiger partial charge in [-0.25, -0.2) is 0 Å². The van der Waals surface area contributed by atoms with Gasteiger partial charge in [0.15, 0.2) is 0 Å². The van der Waals surface area contributed by atoms with Gasteiger partial charge in [0.05, 0.1) is 7.11 Å². The summed E-state index contributed by atoms with van der Waals surface area (Å²) >= 11 is 0. The predicted molar refractivity (Wildman–Crippen MR) is 88.4 cm³/mol. The smallest absolute Gasteiger partial charge is 0.243 e. The molecule has 1 rings (SSSR count). The highest BCUT2D eigenvalue weighted by molar-refractivity contribution is 5.91. The van der Waals surface area contributed by atoms with Gasteiger partial charge in [0.1, 0.15) is 5.75 Å². The number of carbonyl (C=O) groups excluding carboxylic acids is 1. The van der Waals surface area contributed by atoms with E-state index in [0.29, 0.717) is 0 Å². The van der Waals surface area contributed by atoms with E-state index in [1.54, 1.807) is 13.2 Å². The molecule has 3 heteroatoms. The first-order chi connectivity index (χ1) is 10.3. The van der Waals surface area contributed by atoms with E-state index in [2.05, 4.69) is 12.2 Å². The van der Waals surface area contributed by atoms with Crippen molar-refractivity contribution in [2.75, 3.05) is 13.7 Å². The van der Waals surface area contributed by atoms with Gasteiger partial charge in [0.2, 0.25) is 5.91 Å². The minimum absolute atomic E-state index is 0.0284. The monoisotopic (exact) mass is 289 g/mol. The Morgan fingerprint density at radius 2 is 1.76 bits per heavy atom. The molecule has 0 aliphatic carbocycles. The molecule has 0 saturated carbocycles. The summed E-state index contributed by atoms with van der Waals surface area (Å²) in [5.74, 6) is 0.791. The number of hydrogen-bond acceptors (Lipinski definition) is 2. The minimum atomic E-state index is -0.0284. The molecule has 0 heterocycles. The number of rotatable bonds is 10. The number of methoxy groups -OCH3 is 1. The van der Waals surface area contributed by atoms with Crippen molar-refractivity contribution < 1.29 is 9.53 Å². The first-order valence-corrected chi connectivity index (χ1v) is 7.86. The second-order valence-electron chi connectivity index (χ2n) is 5.17. The maximum Gasteiger partial charge on any atom is 0.243 e. The SMILES string of the molecule is CCCCCCCCNC(=O)/C=C/c1ccc(OC)cc1. The molecule has 0 aromatic heterocycles. The normalized spacial score (nSPS) is 10.8. The van der Waals surface area contributed by atoms with Crippen molar-refractivity contribution in [2.45, 2.75) is 45.4 Å². The summed E-state index contributed by atoms with van der Waals surface area (Å²) in [7, 11) is 1.64. The summed E-state index contributed by atoms with van der Waals surface area (Å²) in [6.45, 7) is 2.98. The van der Waals surface area contributed by atoms with Crippen molar-refractivity contribution in [3.63, 3.8) is 0 Å². The second kappa shape index (κ2) is 11.0. The molecule has 0 spiro atoms. The fraction of sp³-hybridized carbons (Fsp3) is 0.500. The Morgan fingerprint density at radius 3 is 2.43 bits per heavy atom. The number of amides is 1. The van der Waals surface area contributed by atoms with Gasteiger partial charge >= 0.3 is 0 Å². The van der Waals surface area contributed by atoms with Gasteiger partial charge < -0.3 is 10.1 Å². The first kappa shape index (κ1) is 17.3. The lowest BCUT2D eigenvalue weighted by Gasteiger charge is -2.02. The molecular formula is C18H27NO2. The molecule has 21 heavy (non-hydrogen) atoms. The van der Waals surface area contributed by atoms with E-state index < -0.39 is 0 Å². The molecule has 1 aromatic rings. The number of unbranched alkanes of at least 4 members (excludes halogenated alkanes) is 5. The quantitative estimate of drug-likeness (QED) is 0.518. The zero-order valence-electron chi connectivity index (χ0n) is 13.2. The Morgan fingerprint density at radius 1 is 1.10 bits per heavy atom. The highest BCUT2D eigenvalue weighted by atomic mass is 16.5. The molecule has 0 saturated heterocycles. The Bertz CT molecular complexity index is 423. The molecule has 116 valence electrons. The number of hydrogen-bond donors (Lipinski definition) is 1. The Kier molecular flexibility index (Phi) is 9.01. The maximum atomic E-state index is 11.7. The number of benzene rings is 1. The molecule has 0 aliphatic rings. The average molecular weight is 289 g/mol. The van der Waals surface area contributed by atoms with Crippen LogP contribution in [0.1, 0.15) is 51.0 Å². The Labute approximate surface area is 128 Å². The van der Waals surface area contributed by atoms with Crippen LogP contribution in [0.2, 0.25) is 0 Å². The first-order valence-electron chi connectivity index (χ1n) is 7.86. The van der Waals surface area contributed by atoms with Crippen molar-refractivity contribution >= 4 is 12.0 Å². The van der Waals surface area contributed by atoms with E-state index in [9.17, 15) is 4.79 Å². The van der Waals surface area contributed by atoms with E-state index >= 15 is 0 Å². The molecule has 0 radical (unpaired) electrons. The van der Waals surface area contributed by atoms with Gasteiger partial charge in [-0.2, -0.15) is 0 Å². The highest BCUT2D eigenvalue weighted by Gasteiger charge is 1.96. The predicted octanol–water partition coefficient (Wildman–Crippen LogP) is 4.19. The molecule has 0 bridgehead atoms. The molecule has 1 amide bonds. The van der Waals surface area contributed by atoms with E-state index in [1.165, 1.54) is 32.1 Å². The lowest BCUT2D eigenvalue weighted by Crippen LogP contribution is -2.21. The fourth-order valence-corrected chi connectivity index (χ4v) is 2.06. The van der Waals surface area contributed by atoms with Crippen molar-refractivity contribution in [1.82, 2.24) is 5.32 Å². The third-order valence-electron chi connectivity index (χ3n) is 3.37. The van der Waals surface area contributed by atoms with Crippen LogP contribution in [-0.4, -0.2) is 19.6 Å². The standard InChI is InChI=1S/C18H27NO2/c1-3-4-5-6-7-8-15-19-18(20)14-11-16-9-12-17(21-2)13-10-16/h9-14H,3-8,15H2,1-2H3,(H,19,20)/b14-11+. The molecule has 3 nitrogen and oxygen atoms in total. The molecule has 1 aromatic carbocycles. The van der Waals surface area contributed by atoms with Crippen LogP contribution in [0.4, 0.5) is 0 Å². The Balaban J connectivity index is 2.16. The highest BCUT2D eigenvalue weighted by Crippen LogP contribution is 2.12. The van der Waals surface area contributed by atoms with Crippen LogP contribution < -0.4 is 10.1 Å². The molecule has 0 aliphatic heterocycles. The van der Waals surface area contributed by atoms with Gasteiger partial charge in [-0.3, -0.25) is 4.79 Å². The fourth-order valence-electron chi connectivity index (χ4n) is 2.06. The van der Waals surface area contributed by atoms with E-state index in [4.69, 9.17) is 4.74 Å². The summed E-state index contributed by atoms with van der Waals surface area (Å²) in [5, 5.41) is 2.92. The van der Waals surface area contributed by atoms with Crippen LogP contribution in [0.3, 0.4) is 0 Å². The van der Waals surface area contributed by atoms with Crippen molar-refractivity contribution in [1.29, 1.82) is 0 Å². The lowest BCUT2D eigenvalue weighted by molar-refractivity contribution is -0.116. The number of carbonyl (C=O) groups is 1. The number of nitrogens with one attached hydrogen (secondary N) is 1. The third kappa shape index (κ3) is 8.18. The summed E-state index contributed by atoms with van der Waals surface area (Å²) in [4.78, 5) is 11.7. The summed E-state index contributed by atoms with van der Waals surface area (Å²) in [5.41, 5.74) is 0.991. The van der Waals surface area contributed by atoms with Crippen molar-refractivity contribution in [3.05, 3.63) is 35.9 Å². The van der Waals surface area contributed by atoms with E-state index in [-0.39, 0.29) is 5.91 Å². The van der Waals surface area contributed by atoms with E-state index in [1.807, 2.05) is 30.3 Å². The van der Waals surface area contributed by atoms with E-state index in [0.717, 1.165) is 24.3 Å². The van der Waals surface area contributed by atoms with Gasteiger partial charge in [0.25, 0.3) is 0 Å². The van der Waals surface area contributed by atoms with Crippen LogP contribution in [-0.2, 0) is 4.79 Å². The van der Waals surface area contributed by atoms with Crippen LogP contribution in [0.25, 0.3) is 6.08 Å². The van der Waals surface area contributed by atoms with Crippen molar-refractivity contribution in [3.8, 4) is 5.75 Å². The maximum absolute atomic E-state index is 11.7. The largest absolute Gasteiger partial charge is 0.497 e. The van der Waals surface area contributed by atoms with Crippen molar-refractivity contribution in [2.24, 2.45) is 0 Å². The minimum Gasteiger partial charge on any atom is -0.497 e. The average Bonchev–Trinajstić information content (AvgIpc) is 2.52. The summed E-state index contributed by atoms with van der Waals surface area (Å²) in [6.07, 6.45) is 10.8. The topological polar surface area (TPSA) is 38.3 Å². The third-order valence-corrected chi connectivity index (χ3v) is 3.37. The van der Waals surface area contributed by atoms with Gasteiger partial charge in [-0.15, -0.1) is 0 Å².